The second-order valence-corrected chi connectivity index (χ2v) is 5.94. The molecule has 0 spiro atoms. The number of benzene rings is 2. The van der Waals surface area contributed by atoms with E-state index < -0.39 is 0 Å². The number of rotatable bonds is 1. The fourth-order valence-corrected chi connectivity index (χ4v) is 3.93. The van der Waals surface area contributed by atoms with Crippen LogP contribution in [0.4, 0.5) is 5.69 Å². The molecule has 1 amide bonds. The molecule has 94 valence electrons. The molecule has 2 aliphatic rings. The third-order valence-electron chi connectivity index (χ3n) is 3.81. The molecular formula is C16H13NOS. The molecule has 2 aromatic carbocycles. The summed E-state index contributed by atoms with van der Waals surface area (Å²) in [5.41, 5.74) is 6.35. The van der Waals surface area contributed by atoms with Gasteiger partial charge in [-0.3, -0.25) is 9.10 Å². The number of carbonyl (C=O) groups is 1. The van der Waals surface area contributed by atoms with Gasteiger partial charge in [-0.2, -0.15) is 0 Å². The number of nitrogens with zero attached hydrogens (tertiary/aromatic N) is 1. The number of carbonyl (C=O) groups excluding carboxylic acids is 1. The summed E-state index contributed by atoms with van der Waals surface area (Å²) < 4.78 is 1.88. The van der Waals surface area contributed by atoms with Crippen LogP contribution < -0.4 is 4.31 Å². The van der Waals surface area contributed by atoms with E-state index in [0.29, 0.717) is 6.42 Å². The van der Waals surface area contributed by atoms with E-state index >= 15 is 0 Å². The molecular weight excluding hydrogens is 254 g/mol. The van der Waals surface area contributed by atoms with Crippen LogP contribution in [0.15, 0.2) is 42.5 Å². The fourth-order valence-electron chi connectivity index (χ4n) is 2.93. The number of hydrogen-bond donors (Lipinski definition) is 0. The minimum absolute atomic E-state index is 0.231. The number of fused-ring (bicyclic) bond motifs is 3. The molecule has 3 heteroatoms. The third kappa shape index (κ3) is 1.61. The first-order chi connectivity index (χ1) is 9.34. The SMILES string of the molecule is O=C1CCSN1c1cccc2c1Cc1ccccc1-2. The van der Waals surface area contributed by atoms with Crippen molar-refractivity contribution in [1.82, 2.24) is 0 Å². The standard InChI is InChI=1S/C16H13NOS/c18-16-8-9-19-17(16)15-7-3-6-13-12-5-2-1-4-11(12)10-14(13)15/h1-7H,8-10H2. The Morgan fingerprint density at radius 3 is 2.68 bits per heavy atom. The highest BCUT2D eigenvalue weighted by Gasteiger charge is 2.28. The molecule has 19 heavy (non-hydrogen) atoms. The Hall–Kier alpha value is -1.74. The van der Waals surface area contributed by atoms with Crippen molar-refractivity contribution in [3.63, 3.8) is 0 Å². The fraction of sp³-hybridized carbons (Fsp3) is 0.188. The van der Waals surface area contributed by atoms with Crippen LogP contribution >= 0.6 is 11.9 Å². The van der Waals surface area contributed by atoms with Crippen LogP contribution in [0.1, 0.15) is 17.5 Å². The summed E-state index contributed by atoms with van der Waals surface area (Å²) in [6.07, 6.45) is 1.59. The van der Waals surface area contributed by atoms with E-state index in [1.807, 2.05) is 4.31 Å². The summed E-state index contributed by atoms with van der Waals surface area (Å²) in [6, 6.07) is 14.8. The van der Waals surface area contributed by atoms with Gasteiger partial charge in [0.2, 0.25) is 5.91 Å². The van der Waals surface area contributed by atoms with E-state index in [4.69, 9.17) is 0 Å². The van der Waals surface area contributed by atoms with E-state index in [-0.39, 0.29) is 5.91 Å². The summed E-state index contributed by atoms with van der Waals surface area (Å²) in [5, 5.41) is 0. The predicted molar refractivity (Wildman–Crippen MR) is 79.2 cm³/mol. The molecule has 2 nitrogen and oxygen atoms in total. The van der Waals surface area contributed by atoms with Crippen LogP contribution in [-0.2, 0) is 11.2 Å². The van der Waals surface area contributed by atoms with Crippen molar-refractivity contribution in [1.29, 1.82) is 0 Å². The summed E-state index contributed by atoms with van der Waals surface area (Å²) >= 11 is 1.63. The molecule has 0 atom stereocenters. The molecule has 0 unspecified atom stereocenters. The van der Waals surface area contributed by atoms with Gasteiger partial charge in [-0.1, -0.05) is 36.4 Å². The average molecular weight is 267 g/mol. The Balaban J connectivity index is 1.87. The van der Waals surface area contributed by atoms with Gasteiger partial charge < -0.3 is 0 Å². The van der Waals surface area contributed by atoms with Crippen molar-refractivity contribution in [3.05, 3.63) is 53.6 Å². The van der Waals surface area contributed by atoms with E-state index in [1.165, 1.54) is 22.3 Å². The maximum atomic E-state index is 12.0. The molecule has 0 aromatic heterocycles. The highest BCUT2D eigenvalue weighted by Crippen LogP contribution is 2.43. The predicted octanol–water partition coefficient (Wildman–Crippen LogP) is 3.64. The van der Waals surface area contributed by atoms with Crippen molar-refractivity contribution < 1.29 is 4.79 Å². The lowest BCUT2D eigenvalue weighted by molar-refractivity contribution is -0.116. The zero-order chi connectivity index (χ0) is 12.8. The summed E-state index contributed by atoms with van der Waals surface area (Å²) in [5.74, 6) is 1.13. The van der Waals surface area contributed by atoms with Crippen molar-refractivity contribution >= 4 is 23.5 Å². The lowest BCUT2D eigenvalue weighted by Gasteiger charge is -2.17. The Kier molecular flexibility index (Phi) is 2.42. The van der Waals surface area contributed by atoms with Gasteiger partial charge >= 0.3 is 0 Å². The molecule has 1 aliphatic carbocycles. The first-order valence-electron chi connectivity index (χ1n) is 6.50. The summed E-state index contributed by atoms with van der Waals surface area (Å²) in [6.45, 7) is 0. The summed E-state index contributed by atoms with van der Waals surface area (Å²) in [7, 11) is 0. The van der Waals surface area contributed by atoms with Gasteiger partial charge in [0.15, 0.2) is 0 Å². The highest BCUT2D eigenvalue weighted by molar-refractivity contribution is 8.01. The molecule has 0 N–H and O–H groups in total. The smallest absolute Gasteiger partial charge is 0.237 e. The van der Waals surface area contributed by atoms with E-state index in [9.17, 15) is 4.79 Å². The quantitative estimate of drug-likeness (QED) is 0.627. The monoisotopic (exact) mass is 267 g/mol. The van der Waals surface area contributed by atoms with Gasteiger partial charge in [0.05, 0.1) is 5.69 Å². The van der Waals surface area contributed by atoms with Crippen molar-refractivity contribution in [2.75, 3.05) is 10.1 Å². The van der Waals surface area contributed by atoms with Gasteiger partial charge in [-0.05, 0) is 40.3 Å². The van der Waals surface area contributed by atoms with Gasteiger partial charge in [-0.15, -0.1) is 0 Å². The first-order valence-corrected chi connectivity index (χ1v) is 7.45. The lowest BCUT2D eigenvalue weighted by Crippen LogP contribution is -2.18. The minimum Gasteiger partial charge on any atom is -0.274 e. The molecule has 1 aliphatic heterocycles. The second kappa shape index (κ2) is 4.14. The van der Waals surface area contributed by atoms with Crippen molar-refractivity contribution in [2.24, 2.45) is 0 Å². The van der Waals surface area contributed by atoms with Crippen LogP contribution in [0.3, 0.4) is 0 Å². The zero-order valence-corrected chi connectivity index (χ0v) is 11.2. The Morgan fingerprint density at radius 1 is 1.00 bits per heavy atom. The molecule has 1 saturated heterocycles. The van der Waals surface area contributed by atoms with E-state index in [0.717, 1.165) is 17.9 Å². The van der Waals surface area contributed by atoms with Crippen LogP contribution in [0.5, 0.6) is 0 Å². The zero-order valence-electron chi connectivity index (χ0n) is 10.4. The Labute approximate surface area is 116 Å². The van der Waals surface area contributed by atoms with E-state index in [1.54, 1.807) is 11.9 Å². The topological polar surface area (TPSA) is 20.3 Å². The van der Waals surface area contributed by atoms with Crippen LogP contribution in [0.25, 0.3) is 11.1 Å². The molecule has 2 aromatic rings. The molecule has 0 bridgehead atoms. The van der Waals surface area contributed by atoms with Gasteiger partial charge in [0.1, 0.15) is 0 Å². The van der Waals surface area contributed by atoms with E-state index in [2.05, 4.69) is 42.5 Å². The maximum absolute atomic E-state index is 12.0. The number of hydrogen-bond acceptors (Lipinski definition) is 2. The number of amides is 1. The summed E-state index contributed by atoms with van der Waals surface area (Å²) in [4.78, 5) is 12.0. The first kappa shape index (κ1) is 11.1. The highest BCUT2D eigenvalue weighted by atomic mass is 32.2. The van der Waals surface area contributed by atoms with Gasteiger partial charge in [0, 0.05) is 18.6 Å². The molecule has 1 fully saturated rings. The van der Waals surface area contributed by atoms with Gasteiger partial charge in [0.25, 0.3) is 0 Å². The Morgan fingerprint density at radius 2 is 1.84 bits per heavy atom. The van der Waals surface area contributed by atoms with Crippen molar-refractivity contribution in [2.45, 2.75) is 12.8 Å². The molecule has 1 heterocycles. The van der Waals surface area contributed by atoms with Crippen LogP contribution in [0.2, 0.25) is 0 Å². The van der Waals surface area contributed by atoms with Gasteiger partial charge in [-0.25, -0.2) is 0 Å². The molecule has 4 rings (SSSR count). The normalized spacial score (nSPS) is 16.6. The largest absolute Gasteiger partial charge is 0.274 e. The lowest BCUT2D eigenvalue weighted by atomic mass is 10.0. The van der Waals surface area contributed by atoms with Crippen LogP contribution in [0, 0.1) is 0 Å². The third-order valence-corrected chi connectivity index (χ3v) is 4.85. The maximum Gasteiger partial charge on any atom is 0.237 e. The average Bonchev–Trinajstić information content (AvgIpc) is 3.02. The molecule has 0 radical (unpaired) electrons. The van der Waals surface area contributed by atoms with Crippen molar-refractivity contribution in [3.8, 4) is 11.1 Å². The number of anilines is 1. The Bertz CT molecular complexity index is 680. The van der Waals surface area contributed by atoms with Crippen LogP contribution in [-0.4, -0.2) is 11.7 Å². The second-order valence-electron chi connectivity index (χ2n) is 4.91. The molecule has 0 saturated carbocycles. The minimum atomic E-state index is 0.231.